The third kappa shape index (κ3) is 3.53. The van der Waals surface area contributed by atoms with Crippen molar-refractivity contribution in [3.8, 4) is 6.07 Å². The third-order valence-corrected chi connectivity index (χ3v) is 4.70. The van der Waals surface area contributed by atoms with E-state index in [-0.39, 0.29) is 11.2 Å². The minimum atomic E-state index is -0.158. The van der Waals surface area contributed by atoms with Crippen LogP contribution in [0.2, 0.25) is 0 Å². The zero-order chi connectivity index (χ0) is 18.8. The molecule has 0 atom stereocenters. The summed E-state index contributed by atoms with van der Waals surface area (Å²) in [5, 5.41) is 13.9. The Balaban J connectivity index is 2.72. The fraction of sp³-hybridized carbons (Fsp3) is 0.400. The van der Waals surface area contributed by atoms with E-state index >= 15 is 0 Å². The number of benzene rings is 1. The van der Waals surface area contributed by atoms with E-state index in [1.165, 1.54) is 5.01 Å². The largest absolute Gasteiger partial charge is 0.232 e. The number of nitroso groups, excluding NO2 is 1. The Bertz CT molecular complexity index is 826. The molecule has 0 saturated carbocycles. The van der Waals surface area contributed by atoms with Gasteiger partial charge in [0.2, 0.25) is 0 Å². The number of hydrogen-bond acceptors (Lipinski definition) is 4. The maximum absolute atomic E-state index is 11.7. The van der Waals surface area contributed by atoms with Gasteiger partial charge < -0.3 is 0 Å². The highest BCUT2D eigenvalue weighted by atomic mass is 16.3. The molecule has 0 fully saturated rings. The van der Waals surface area contributed by atoms with Crippen LogP contribution in [0, 0.1) is 37.0 Å². The van der Waals surface area contributed by atoms with Crippen LogP contribution in [0.4, 0.5) is 11.5 Å². The van der Waals surface area contributed by atoms with Gasteiger partial charge in [0.05, 0.1) is 16.5 Å². The van der Waals surface area contributed by atoms with Crippen LogP contribution in [0.15, 0.2) is 29.6 Å². The molecule has 5 heteroatoms. The molecule has 25 heavy (non-hydrogen) atoms. The lowest BCUT2D eigenvalue weighted by molar-refractivity contribution is 0.490. The van der Waals surface area contributed by atoms with Crippen LogP contribution in [0.25, 0.3) is 0 Å². The summed E-state index contributed by atoms with van der Waals surface area (Å²) in [7, 11) is 0. The molecule has 130 valence electrons. The number of aromatic nitrogens is 1. The second kappa shape index (κ2) is 7.02. The molecule has 0 bridgehead atoms. The summed E-state index contributed by atoms with van der Waals surface area (Å²) in [5.74, 6) is 0.284. The molecule has 0 radical (unpaired) electrons. The van der Waals surface area contributed by atoms with Crippen molar-refractivity contribution in [1.29, 1.82) is 5.26 Å². The van der Waals surface area contributed by atoms with E-state index in [0.717, 1.165) is 28.8 Å². The second-order valence-electron chi connectivity index (χ2n) is 7.06. The van der Waals surface area contributed by atoms with Crippen molar-refractivity contribution in [1.82, 2.24) is 4.98 Å². The standard InChI is InChI=1S/C20H24N4O/c1-7-20(5,6)17-9-8-16(12-21)19(22-17)24(23-25)18-14(3)10-13(2)11-15(18)4/h8-11H,7H2,1-6H3. The first-order valence-electron chi connectivity index (χ1n) is 8.38. The smallest absolute Gasteiger partial charge is 0.175 e. The van der Waals surface area contributed by atoms with Gasteiger partial charge in [-0.05, 0) is 50.5 Å². The van der Waals surface area contributed by atoms with Crippen molar-refractivity contribution in [2.45, 2.75) is 53.4 Å². The molecule has 0 aliphatic carbocycles. The lowest BCUT2D eigenvalue weighted by Gasteiger charge is -2.25. The zero-order valence-electron chi connectivity index (χ0n) is 15.7. The Kier molecular flexibility index (Phi) is 5.22. The predicted octanol–water partition coefficient (Wildman–Crippen LogP) is 5.39. The molecule has 0 saturated heterocycles. The monoisotopic (exact) mass is 336 g/mol. The Labute approximate surface area is 149 Å². The van der Waals surface area contributed by atoms with E-state index in [9.17, 15) is 10.2 Å². The van der Waals surface area contributed by atoms with Crippen LogP contribution < -0.4 is 5.01 Å². The van der Waals surface area contributed by atoms with Crippen LogP contribution in [0.5, 0.6) is 0 Å². The fourth-order valence-corrected chi connectivity index (χ4v) is 2.95. The van der Waals surface area contributed by atoms with Crippen molar-refractivity contribution >= 4 is 11.5 Å². The summed E-state index contributed by atoms with van der Waals surface area (Å²) in [6, 6.07) is 9.67. The molecule has 0 spiro atoms. The summed E-state index contributed by atoms with van der Waals surface area (Å²) in [4.78, 5) is 16.4. The van der Waals surface area contributed by atoms with Crippen LogP contribution in [0.3, 0.4) is 0 Å². The first kappa shape index (κ1) is 18.6. The lowest BCUT2D eigenvalue weighted by atomic mass is 9.86. The van der Waals surface area contributed by atoms with E-state index in [1.807, 2.05) is 39.0 Å². The highest BCUT2D eigenvalue weighted by Crippen LogP contribution is 2.35. The molecule has 1 heterocycles. The number of rotatable bonds is 5. The summed E-state index contributed by atoms with van der Waals surface area (Å²) >= 11 is 0. The summed E-state index contributed by atoms with van der Waals surface area (Å²) in [6.07, 6.45) is 0.891. The number of pyridine rings is 1. The predicted molar refractivity (Wildman–Crippen MR) is 101 cm³/mol. The summed E-state index contributed by atoms with van der Waals surface area (Å²) < 4.78 is 0. The van der Waals surface area contributed by atoms with E-state index in [0.29, 0.717) is 11.3 Å². The molecule has 1 aromatic heterocycles. The molecule has 0 amide bonds. The molecule has 0 aliphatic rings. The van der Waals surface area contributed by atoms with Gasteiger partial charge in [-0.2, -0.15) is 10.3 Å². The normalized spacial score (nSPS) is 11.1. The van der Waals surface area contributed by atoms with Crippen LogP contribution in [-0.4, -0.2) is 4.98 Å². The van der Waals surface area contributed by atoms with Gasteiger partial charge in [-0.1, -0.05) is 38.5 Å². The molecule has 2 aromatic rings. The number of hydrogen-bond donors (Lipinski definition) is 0. The van der Waals surface area contributed by atoms with Crippen molar-refractivity contribution in [2.24, 2.45) is 5.29 Å². The zero-order valence-corrected chi connectivity index (χ0v) is 15.7. The van der Waals surface area contributed by atoms with E-state index in [2.05, 4.69) is 37.1 Å². The molecule has 0 unspecified atom stereocenters. The van der Waals surface area contributed by atoms with E-state index in [4.69, 9.17) is 0 Å². The van der Waals surface area contributed by atoms with E-state index < -0.39 is 0 Å². The van der Waals surface area contributed by atoms with Crippen molar-refractivity contribution in [3.05, 3.63) is 57.1 Å². The number of anilines is 2. The number of aryl methyl sites for hydroxylation is 3. The molecule has 5 nitrogen and oxygen atoms in total. The average molecular weight is 336 g/mol. The van der Waals surface area contributed by atoms with Crippen molar-refractivity contribution < 1.29 is 0 Å². The second-order valence-corrected chi connectivity index (χ2v) is 7.06. The topological polar surface area (TPSA) is 69.3 Å². The molecule has 1 aromatic carbocycles. The number of nitriles is 1. The maximum atomic E-state index is 11.7. The van der Waals surface area contributed by atoms with Gasteiger partial charge in [-0.3, -0.25) is 0 Å². The van der Waals surface area contributed by atoms with Crippen LogP contribution in [-0.2, 0) is 5.41 Å². The summed E-state index contributed by atoms with van der Waals surface area (Å²) in [5.41, 5.74) is 4.63. The Hall–Kier alpha value is -2.74. The van der Waals surface area contributed by atoms with Crippen molar-refractivity contribution in [2.75, 3.05) is 5.01 Å². The lowest BCUT2D eigenvalue weighted by Crippen LogP contribution is -2.21. The third-order valence-electron chi connectivity index (χ3n) is 4.70. The van der Waals surface area contributed by atoms with Gasteiger partial charge in [-0.15, -0.1) is 4.91 Å². The molecule has 0 aliphatic heterocycles. The van der Waals surface area contributed by atoms with Gasteiger partial charge in [0, 0.05) is 11.1 Å². The van der Waals surface area contributed by atoms with Gasteiger partial charge in [-0.25, -0.2) is 4.98 Å². The van der Waals surface area contributed by atoms with Gasteiger partial charge >= 0.3 is 0 Å². The maximum Gasteiger partial charge on any atom is 0.175 e. The first-order chi connectivity index (χ1) is 11.7. The molecule has 0 N–H and O–H groups in total. The SMILES string of the molecule is CCC(C)(C)c1ccc(C#N)c(N(N=O)c2c(C)cc(C)cc2C)n1. The Morgan fingerprint density at radius 3 is 2.28 bits per heavy atom. The van der Waals surface area contributed by atoms with Gasteiger partial charge in [0.1, 0.15) is 6.07 Å². The Morgan fingerprint density at radius 2 is 1.80 bits per heavy atom. The van der Waals surface area contributed by atoms with Crippen LogP contribution >= 0.6 is 0 Å². The quantitative estimate of drug-likeness (QED) is 0.542. The highest BCUT2D eigenvalue weighted by molar-refractivity contribution is 5.71. The van der Waals surface area contributed by atoms with Gasteiger partial charge in [0.15, 0.2) is 5.82 Å². The molecular formula is C20H24N4O. The average Bonchev–Trinajstić information content (AvgIpc) is 2.57. The highest BCUT2D eigenvalue weighted by Gasteiger charge is 2.25. The van der Waals surface area contributed by atoms with Crippen LogP contribution in [0.1, 0.15) is 55.1 Å². The Morgan fingerprint density at radius 1 is 1.20 bits per heavy atom. The van der Waals surface area contributed by atoms with Crippen molar-refractivity contribution in [3.63, 3.8) is 0 Å². The summed E-state index contributed by atoms with van der Waals surface area (Å²) in [6.45, 7) is 12.1. The minimum Gasteiger partial charge on any atom is -0.232 e. The molecular weight excluding hydrogens is 312 g/mol. The fourth-order valence-electron chi connectivity index (χ4n) is 2.95. The van der Waals surface area contributed by atoms with E-state index in [1.54, 1.807) is 6.07 Å². The van der Waals surface area contributed by atoms with Gasteiger partial charge in [0.25, 0.3) is 0 Å². The molecule has 2 rings (SSSR count). The minimum absolute atomic E-state index is 0.158. The number of nitrogens with zero attached hydrogens (tertiary/aromatic N) is 4. The first-order valence-corrected chi connectivity index (χ1v) is 8.38.